The molecule has 0 radical (unpaired) electrons. The van der Waals surface area contributed by atoms with E-state index in [1.165, 1.54) is 0 Å². The van der Waals surface area contributed by atoms with Crippen LogP contribution in [0.1, 0.15) is 18.9 Å². The van der Waals surface area contributed by atoms with Gasteiger partial charge in [0.1, 0.15) is 11.9 Å². The maximum atomic E-state index is 6.15. The molecule has 1 atom stereocenters. The molecule has 18 heavy (non-hydrogen) atoms. The first-order valence-corrected chi connectivity index (χ1v) is 6.67. The van der Waals surface area contributed by atoms with Crippen molar-refractivity contribution in [2.24, 2.45) is 0 Å². The zero-order valence-electron chi connectivity index (χ0n) is 11.3. The summed E-state index contributed by atoms with van der Waals surface area (Å²) in [5, 5.41) is 3.97. The molecule has 102 valence electrons. The van der Waals surface area contributed by atoms with Gasteiger partial charge in [0.15, 0.2) is 0 Å². The van der Waals surface area contributed by atoms with Crippen molar-refractivity contribution in [1.29, 1.82) is 0 Å². The first-order valence-electron chi connectivity index (χ1n) is 6.29. The van der Waals surface area contributed by atoms with E-state index in [2.05, 4.69) is 12.2 Å². The minimum absolute atomic E-state index is 0.0262. The molecule has 0 aliphatic carbocycles. The van der Waals surface area contributed by atoms with Gasteiger partial charge in [-0.15, -0.1) is 0 Å². The summed E-state index contributed by atoms with van der Waals surface area (Å²) in [7, 11) is 1.67. The fraction of sp³-hybridized carbons (Fsp3) is 0.571. The fourth-order valence-electron chi connectivity index (χ4n) is 1.64. The SMILES string of the molecule is CCCNCC(COC)Oc1ccc(C)cc1Cl. The van der Waals surface area contributed by atoms with Gasteiger partial charge in [0.25, 0.3) is 0 Å². The van der Waals surface area contributed by atoms with Crippen molar-refractivity contribution in [1.82, 2.24) is 5.32 Å². The lowest BCUT2D eigenvalue weighted by Gasteiger charge is -2.19. The molecule has 4 heteroatoms. The van der Waals surface area contributed by atoms with Crippen LogP contribution >= 0.6 is 11.6 Å². The van der Waals surface area contributed by atoms with Crippen LogP contribution < -0.4 is 10.1 Å². The Morgan fingerprint density at radius 3 is 2.78 bits per heavy atom. The van der Waals surface area contributed by atoms with E-state index in [0.29, 0.717) is 17.4 Å². The van der Waals surface area contributed by atoms with Gasteiger partial charge >= 0.3 is 0 Å². The molecular weight excluding hydrogens is 250 g/mol. The summed E-state index contributed by atoms with van der Waals surface area (Å²) in [6.07, 6.45) is 1.08. The van der Waals surface area contributed by atoms with Crippen LogP contribution in [0.5, 0.6) is 5.75 Å². The maximum Gasteiger partial charge on any atom is 0.138 e. The Kier molecular flexibility index (Phi) is 7.09. The van der Waals surface area contributed by atoms with Crippen molar-refractivity contribution in [3.63, 3.8) is 0 Å². The van der Waals surface area contributed by atoms with Gasteiger partial charge in [-0.25, -0.2) is 0 Å². The Balaban J connectivity index is 2.58. The van der Waals surface area contributed by atoms with Crippen LogP contribution in [0.4, 0.5) is 0 Å². The molecule has 0 amide bonds. The molecule has 0 aliphatic heterocycles. The molecule has 0 saturated heterocycles. The summed E-state index contributed by atoms with van der Waals surface area (Å²) in [6.45, 7) is 6.42. The fourth-order valence-corrected chi connectivity index (χ4v) is 1.92. The molecule has 0 heterocycles. The Morgan fingerprint density at radius 1 is 1.39 bits per heavy atom. The van der Waals surface area contributed by atoms with E-state index in [1.807, 2.05) is 25.1 Å². The third kappa shape index (κ3) is 5.25. The van der Waals surface area contributed by atoms with Gasteiger partial charge in [-0.05, 0) is 37.6 Å². The first kappa shape index (κ1) is 15.3. The second-order valence-electron chi connectivity index (χ2n) is 4.33. The quantitative estimate of drug-likeness (QED) is 0.737. The number of methoxy groups -OCH3 is 1. The predicted molar refractivity (Wildman–Crippen MR) is 75.6 cm³/mol. The number of ether oxygens (including phenoxy) is 2. The van der Waals surface area contributed by atoms with Crippen LogP contribution in [0.15, 0.2) is 18.2 Å². The molecule has 1 rings (SSSR count). The lowest BCUT2D eigenvalue weighted by Crippen LogP contribution is -2.35. The first-order chi connectivity index (χ1) is 8.67. The number of nitrogens with one attached hydrogen (secondary N) is 1. The molecule has 0 spiro atoms. The maximum absolute atomic E-state index is 6.15. The van der Waals surface area contributed by atoms with Crippen molar-refractivity contribution in [3.05, 3.63) is 28.8 Å². The second kappa shape index (κ2) is 8.35. The molecule has 1 unspecified atom stereocenters. The van der Waals surface area contributed by atoms with Gasteiger partial charge in [-0.1, -0.05) is 24.6 Å². The molecule has 0 aromatic heterocycles. The summed E-state index contributed by atoms with van der Waals surface area (Å²) < 4.78 is 11.0. The van der Waals surface area contributed by atoms with Gasteiger partial charge in [0.2, 0.25) is 0 Å². The van der Waals surface area contributed by atoms with Crippen LogP contribution in [0.25, 0.3) is 0 Å². The largest absolute Gasteiger partial charge is 0.485 e. The number of rotatable bonds is 8. The Bertz CT molecular complexity index is 358. The van der Waals surface area contributed by atoms with Gasteiger partial charge in [-0.2, -0.15) is 0 Å². The lowest BCUT2D eigenvalue weighted by atomic mass is 10.2. The molecule has 1 aromatic rings. The van der Waals surface area contributed by atoms with Crippen LogP contribution in [0.2, 0.25) is 5.02 Å². The molecule has 1 aromatic carbocycles. The molecule has 3 nitrogen and oxygen atoms in total. The molecule has 0 fully saturated rings. The lowest BCUT2D eigenvalue weighted by molar-refractivity contribution is 0.0808. The van der Waals surface area contributed by atoms with Gasteiger partial charge < -0.3 is 14.8 Å². The van der Waals surface area contributed by atoms with E-state index in [4.69, 9.17) is 21.1 Å². The zero-order chi connectivity index (χ0) is 13.4. The number of halogens is 1. The highest BCUT2D eigenvalue weighted by Crippen LogP contribution is 2.26. The minimum atomic E-state index is -0.0262. The molecule has 0 bridgehead atoms. The van der Waals surface area contributed by atoms with Crippen LogP contribution in [0.3, 0.4) is 0 Å². The summed E-state index contributed by atoms with van der Waals surface area (Å²) in [5.41, 5.74) is 1.12. The highest BCUT2D eigenvalue weighted by Gasteiger charge is 2.12. The summed E-state index contributed by atoms with van der Waals surface area (Å²) in [5.74, 6) is 0.711. The van der Waals surface area contributed by atoms with Crippen molar-refractivity contribution in [2.75, 3.05) is 26.8 Å². The van der Waals surface area contributed by atoms with Crippen molar-refractivity contribution in [2.45, 2.75) is 26.4 Å². The highest BCUT2D eigenvalue weighted by molar-refractivity contribution is 6.32. The number of hydrogen-bond acceptors (Lipinski definition) is 3. The van der Waals surface area contributed by atoms with E-state index >= 15 is 0 Å². The zero-order valence-corrected chi connectivity index (χ0v) is 12.1. The van der Waals surface area contributed by atoms with Crippen LogP contribution in [0, 0.1) is 6.92 Å². The third-order valence-corrected chi connectivity index (χ3v) is 2.83. The molecule has 0 saturated carbocycles. The van der Waals surface area contributed by atoms with Crippen LogP contribution in [-0.4, -0.2) is 32.9 Å². The van der Waals surface area contributed by atoms with E-state index in [-0.39, 0.29) is 6.10 Å². The normalized spacial score (nSPS) is 12.4. The van der Waals surface area contributed by atoms with Gasteiger partial charge in [0.05, 0.1) is 11.6 Å². The smallest absolute Gasteiger partial charge is 0.138 e. The Labute approximate surface area is 114 Å². The van der Waals surface area contributed by atoms with Crippen molar-refractivity contribution in [3.8, 4) is 5.75 Å². The van der Waals surface area contributed by atoms with Gasteiger partial charge in [0, 0.05) is 13.7 Å². The van der Waals surface area contributed by atoms with E-state index in [9.17, 15) is 0 Å². The third-order valence-electron chi connectivity index (χ3n) is 2.53. The minimum Gasteiger partial charge on any atom is -0.485 e. The number of benzene rings is 1. The molecular formula is C14H22ClNO2. The standard InChI is InChI=1S/C14H22ClNO2/c1-4-7-16-9-12(10-17-3)18-14-6-5-11(2)8-13(14)15/h5-6,8,12,16H,4,7,9-10H2,1-3H3. The van der Waals surface area contributed by atoms with E-state index in [1.54, 1.807) is 7.11 Å². The van der Waals surface area contributed by atoms with E-state index in [0.717, 1.165) is 25.1 Å². The average Bonchev–Trinajstić information content (AvgIpc) is 2.33. The van der Waals surface area contributed by atoms with E-state index < -0.39 is 0 Å². The molecule has 0 aliphatic rings. The van der Waals surface area contributed by atoms with Crippen molar-refractivity contribution >= 4 is 11.6 Å². The van der Waals surface area contributed by atoms with Crippen molar-refractivity contribution < 1.29 is 9.47 Å². The predicted octanol–water partition coefficient (Wildman–Crippen LogP) is 3.04. The molecule has 1 N–H and O–H groups in total. The summed E-state index contributed by atoms with van der Waals surface area (Å²) >= 11 is 6.15. The second-order valence-corrected chi connectivity index (χ2v) is 4.74. The summed E-state index contributed by atoms with van der Waals surface area (Å²) in [6, 6.07) is 5.80. The topological polar surface area (TPSA) is 30.5 Å². The Morgan fingerprint density at radius 2 is 2.17 bits per heavy atom. The number of hydrogen-bond donors (Lipinski definition) is 1. The average molecular weight is 272 g/mol. The monoisotopic (exact) mass is 271 g/mol. The van der Waals surface area contributed by atoms with Gasteiger partial charge in [-0.3, -0.25) is 0 Å². The summed E-state index contributed by atoms with van der Waals surface area (Å²) in [4.78, 5) is 0. The highest BCUT2D eigenvalue weighted by atomic mass is 35.5. The number of aryl methyl sites for hydroxylation is 1. The van der Waals surface area contributed by atoms with Crippen LogP contribution in [-0.2, 0) is 4.74 Å². The Hall–Kier alpha value is -0.770.